The fraction of sp³-hybridized carbons (Fsp3) is 0.267. The summed E-state index contributed by atoms with van der Waals surface area (Å²) in [6, 6.07) is 8.55. The quantitative estimate of drug-likeness (QED) is 0.841. The molecule has 21 heavy (non-hydrogen) atoms. The Bertz CT molecular complexity index is 606. The summed E-state index contributed by atoms with van der Waals surface area (Å²) in [6.45, 7) is 2.18. The summed E-state index contributed by atoms with van der Waals surface area (Å²) in [6.07, 6.45) is 3.37. The highest BCUT2D eigenvalue weighted by molar-refractivity contribution is 5.79. The van der Waals surface area contributed by atoms with E-state index in [0.29, 0.717) is 6.54 Å². The number of benzene rings is 1. The van der Waals surface area contributed by atoms with Crippen molar-refractivity contribution in [1.82, 2.24) is 15.1 Å². The van der Waals surface area contributed by atoms with E-state index in [2.05, 4.69) is 10.4 Å². The van der Waals surface area contributed by atoms with Gasteiger partial charge in [-0.3, -0.25) is 14.3 Å². The van der Waals surface area contributed by atoms with E-state index in [9.17, 15) is 9.59 Å². The van der Waals surface area contributed by atoms with E-state index in [-0.39, 0.29) is 18.4 Å². The minimum absolute atomic E-state index is 0.00295. The third-order valence-electron chi connectivity index (χ3n) is 3.15. The lowest BCUT2D eigenvalue weighted by Crippen LogP contribution is -2.30. The minimum Gasteiger partial charge on any atom is -0.481 e. The summed E-state index contributed by atoms with van der Waals surface area (Å²) in [5.41, 5.74) is 1.66. The lowest BCUT2D eigenvalue weighted by molar-refractivity contribution is -0.136. The normalized spacial score (nSPS) is 11.9. The lowest BCUT2D eigenvalue weighted by atomic mass is 10.1. The first-order valence-corrected chi connectivity index (χ1v) is 6.62. The number of carbonyl (C=O) groups excluding carboxylic acids is 1. The average Bonchev–Trinajstić information content (AvgIpc) is 2.99. The van der Waals surface area contributed by atoms with Gasteiger partial charge >= 0.3 is 5.97 Å². The molecule has 1 aromatic heterocycles. The first-order chi connectivity index (χ1) is 10.1. The molecule has 2 rings (SSSR count). The summed E-state index contributed by atoms with van der Waals surface area (Å²) in [7, 11) is 0. The molecule has 1 amide bonds. The van der Waals surface area contributed by atoms with Gasteiger partial charge in [-0.05, 0) is 24.1 Å². The van der Waals surface area contributed by atoms with Crippen molar-refractivity contribution in [2.75, 3.05) is 0 Å². The van der Waals surface area contributed by atoms with Crippen molar-refractivity contribution in [3.8, 4) is 0 Å². The second kappa shape index (κ2) is 6.69. The minimum atomic E-state index is -0.857. The van der Waals surface area contributed by atoms with Gasteiger partial charge in [0, 0.05) is 18.9 Å². The first kappa shape index (κ1) is 14.8. The molecule has 1 heterocycles. The summed E-state index contributed by atoms with van der Waals surface area (Å²) < 4.78 is 1.59. The van der Waals surface area contributed by atoms with Gasteiger partial charge in [0.05, 0.1) is 6.42 Å². The van der Waals surface area contributed by atoms with E-state index < -0.39 is 5.97 Å². The predicted molar refractivity (Wildman–Crippen MR) is 76.6 cm³/mol. The van der Waals surface area contributed by atoms with Crippen molar-refractivity contribution in [3.05, 3.63) is 53.9 Å². The molecule has 1 atom stereocenters. The van der Waals surface area contributed by atoms with Crippen LogP contribution in [-0.4, -0.2) is 26.8 Å². The van der Waals surface area contributed by atoms with Gasteiger partial charge in [0.1, 0.15) is 6.04 Å². The number of hydrogen-bond acceptors (Lipinski definition) is 3. The Morgan fingerprint density at radius 2 is 1.95 bits per heavy atom. The van der Waals surface area contributed by atoms with Gasteiger partial charge in [0.2, 0.25) is 5.91 Å². The second-order valence-electron chi connectivity index (χ2n) is 4.77. The topological polar surface area (TPSA) is 84.2 Å². The molecule has 1 aromatic carbocycles. The molecule has 0 aliphatic heterocycles. The predicted octanol–water partition coefficient (Wildman–Crippen LogP) is 1.39. The maximum atomic E-state index is 12.0. The van der Waals surface area contributed by atoms with Crippen LogP contribution >= 0.6 is 0 Å². The van der Waals surface area contributed by atoms with Crippen LogP contribution in [0.25, 0.3) is 0 Å². The van der Waals surface area contributed by atoms with Crippen LogP contribution in [0.15, 0.2) is 42.7 Å². The Hall–Kier alpha value is -2.63. The van der Waals surface area contributed by atoms with Gasteiger partial charge in [-0.1, -0.05) is 24.3 Å². The fourth-order valence-electron chi connectivity index (χ4n) is 1.92. The number of amides is 1. The number of rotatable bonds is 6. The van der Waals surface area contributed by atoms with E-state index in [0.717, 1.165) is 11.1 Å². The smallest absolute Gasteiger partial charge is 0.307 e. The first-order valence-electron chi connectivity index (χ1n) is 6.62. The Kier molecular flexibility index (Phi) is 4.71. The van der Waals surface area contributed by atoms with Crippen molar-refractivity contribution < 1.29 is 14.7 Å². The summed E-state index contributed by atoms with van der Waals surface area (Å²) in [4.78, 5) is 22.6. The molecular weight excluding hydrogens is 270 g/mol. The number of carbonyl (C=O) groups is 2. The van der Waals surface area contributed by atoms with Gasteiger partial charge in [-0.15, -0.1) is 0 Å². The van der Waals surface area contributed by atoms with Crippen LogP contribution in [0.5, 0.6) is 0 Å². The molecule has 0 bridgehead atoms. The number of aliphatic carboxylic acids is 1. The van der Waals surface area contributed by atoms with Gasteiger partial charge in [0.15, 0.2) is 0 Å². The Morgan fingerprint density at radius 1 is 1.29 bits per heavy atom. The van der Waals surface area contributed by atoms with Crippen molar-refractivity contribution >= 4 is 11.9 Å². The maximum absolute atomic E-state index is 12.0. The van der Waals surface area contributed by atoms with Crippen molar-refractivity contribution in [3.63, 3.8) is 0 Å². The molecule has 6 nitrogen and oxygen atoms in total. The highest BCUT2D eigenvalue weighted by Crippen LogP contribution is 2.07. The zero-order valence-electron chi connectivity index (χ0n) is 11.7. The number of hydrogen-bond donors (Lipinski definition) is 2. The zero-order chi connectivity index (χ0) is 15.2. The van der Waals surface area contributed by atoms with E-state index in [1.807, 2.05) is 12.1 Å². The van der Waals surface area contributed by atoms with E-state index >= 15 is 0 Å². The third kappa shape index (κ3) is 4.17. The number of aromatic nitrogens is 2. The number of carboxylic acid groups (broad SMARTS) is 1. The van der Waals surface area contributed by atoms with Crippen LogP contribution in [0.2, 0.25) is 0 Å². The van der Waals surface area contributed by atoms with Crippen LogP contribution in [0, 0.1) is 0 Å². The molecule has 0 radical (unpaired) electrons. The number of nitrogens with zero attached hydrogens (tertiary/aromatic N) is 2. The molecule has 0 spiro atoms. The van der Waals surface area contributed by atoms with Gasteiger partial charge in [-0.25, -0.2) is 0 Å². The highest BCUT2D eigenvalue weighted by Gasteiger charge is 2.14. The fourth-order valence-corrected chi connectivity index (χ4v) is 1.92. The van der Waals surface area contributed by atoms with Crippen LogP contribution < -0.4 is 5.32 Å². The van der Waals surface area contributed by atoms with Gasteiger partial charge < -0.3 is 10.4 Å². The van der Waals surface area contributed by atoms with E-state index in [1.54, 1.807) is 42.2 Å². The molecule has 0 aliphatic rings. The number of carboxylic acids is 1. The molecule has 0 saturated carbocycles. The summed E-state index contributed by atoms with van der Waals surface area (Å²) >= 11 is 0. The van der Waals surface area contributed by atoms with Crippen molar-refractivity contribution in [1.29, 1.82) is 0 Å². The molecule has 110 valence electrons. The number of nitrogens with one attached hydrogen (secondary N) is 1. The Labute approximate surface area is 122 Å². The Balaban J connectivity index is 1.88. The molecule has 1 unspecified atom stereocenters. The molecule has 0 aliphatic carbocycles. The van der Waals surface area contributed by atoms with Gasteiger partial charge in [-0.2, -0.15) is 5.10 Å². The van der Waals surface area contributed by atoms with Gasteiger partial charge in [0.25, 0.3) is 0 Å². The molecule has 6 heteroatoms. The third-order valence-corrected chi connectivity index (χ3v) is 3.15. The molecule has 2 aromatic rings. The second-order valence-corrected chi connectivity index (χ2v) is 4.77. The largest absolute Gasteiger partial charge is 0.481 e. The molecule has 0 fully saturated rings. The highest BCUT2D eigenvalue weighted by atomic mass is 16.4. The standard InChI is InChI=1S/C15H17N3O3/c1-11(18-8-2-7-17-18)15(21)16-10-13-5-3-12(4-6-13)9-14(19)20/h2-8,11H,9-10H2,1H3,(H,16,21)(H,19,20). The molecule has 0 saturated heterocycles. The van der Waals surface area contributed by atoms with Crippen molar-refractivity contribution in [2.24, 2.45) is 0 Å². The van der Waals surface area contributed by atoms with Crippen LogP contribution in [-0.2, 0) is 22.6 Å². The van der Waals surface area contributed by atoms with Crippen LogP contribution in [0.4, 0.5) is 0 Å². The SMILES string of the molecule is CC(C(=O)NCc1ccc(CC(=O)O)cc1)n1cccn1. The monoisotopic (exact) mass is 287 g/mol. The average molecular weight is 287 g/mol. The molecule has 2 N–H and O–H groups in total. The maximum Gasteiger partial charge on any atom is 0.307 e. The molecular formula is C15H17N3O3. The van der Waals surface area contributed by atoms with Crippen LogP contribution in [0.3, 0.4) is 0 Å². The van der Waals surface area contributed by atoms with Crippen LogP contribution in [0.1, 0.15) is 24.1 Å². The van der Waals surface area contributed by atoms with Crippen molar-refractivity contribution in [2.45, 2.75) is 25.9 Å². The summed E-state index contributed by atoms with van der Waals surface area (Å²) in [5, 5.41) is 15.6. The zero-order valence-corrected chi connectivity index (χ0v) is 11.7. The summed E-state index contributed by atoms with van der Waals surface area (Å²) in [5.74, 6) is -0.975. The lowest BCUT2D eigenvalue weighted by Gasteiger charge is -2.12. The Morgan fingerprint density at radius 3 is 2.52 bits per heavy atom. The van der Waals surface area contributed by atoms with E-state index in [4.69, 9.17) is 5.11 Å². The van der Waals surface area contributed by atoms with E-state index in [1.165, 1.54) is 0 Å².